The molecular weight excluding hydrogens is 334 g/mol. The number of nitrogens with two attached hydrogens (primary N) is 1. The van der Waals surface area contributed by atoms with Gasteiger partial charge in [-0.15, -0.1) is 5.10 Å². The summed E-state index contributed by atoms with van der Waals surface area (Å²) in [7, 11) is 1.57. The molecule has 0 aliphatic heterocycles. The number of nitrogen functional groups attached to an aromatic ring is 1. The molecule has 3 rings (SSSR count). The molecule has 0 unspecified atom stereocenters. The lowest BCUT2D eigenvalue weighted by atomic mass is 10.1. The normalized spacial score (nSPS) is 10.6. The van der Waals surface area contributed by atoms with Crippen LogP contribution in [0.5, 0.6) is 5.75 Å². The molecule has 7 heteroatoms. The van der Waals surface area contributed by atoms with E-state index in [1.54, 1.807) is 17.9 Å². The Labute approximate surface area is 129 Å². The lowest BCUT2D eigenvalue weighted by Gasteiger charge is -2.11. The topological polar surface area (TPSA) is 78.8 Å². The number of ether oxygens (including phenoxy) is 1. The maximum atomic E-state index is 5.94. The van der Waals surface area contributed by atoms with Crippen LogP contribution >= 0.6 is 15.9 Å². The van der Waals surface area contributed by atoms with Crippen LogP contribution in [0.1, 0.15) is 0 Å². The molecule has 0 saturated carbocycles. The standard InChI is InChI=1S/C14H12BrN5O/c1-21-13-9(5-4-7-11(13)16)14-17-18-19-20(14)12-8-3-2-6-10(12)15/h2-8H,16H2,1H3. The van der Waals surface area contributed by atoms with Crippen LogP contribution in [0.25, 0.3) is 17.1 Å². The van der Waals surface area contributed by atoms with Crippen molar-refractivity contribution in [3.05, 3.63) is 46.9 Å². The van der Waals surface area contributed by atoms with Gasteiger partial charge < -0.3 is 10.5 Å². The largest absolute Gasteiger partial charge is 0.494 e. The molecule has 106 valence electrons. The first-order chi connectivity index (χ1) is 10.2. The van der Waals surface area contributed by atoms with Crippen LogP contribution in [0.4, 0.5) is 5.69 Å². The van der Waals surface area contributed by atoms with Gasteiger partial charge in [0.25, 0.3) is 0 Å². The molecule has 0 bridgehead atoms. The Morgan fingerprint density at radius 2 is 1.95 bits per heavy atom. The van der Waals surface area contributed by atoms with Gasteiger partial charge in [-0.2, -0.15) is 4.68 Å². The van der Waals surface area contributed by atoms with E-state index in [1.807, 2.05) is 36.4 Å². The number of para-hydroxylation sites is 2. The van der Waals surface area contributed by atoms with Crippen LogP contribution in [0.2, 0.25) is 0 Å². The van der Waals surface area contributed by atoms with E-state index in [0.29, 0.717) is 17.3 Å². The Kier molecular flexibility index (Phi) is 3.57. The quantitative estimate of drug-likeness (QED) is 0.738. The second-order valence-electron chi connectivity index (χ2n) is 4.29. The van der Waals surface area contributed by atoms with Crippen molar-refractivity contribution in [1.29, 1.82) is 0 Å². The minimum absolute atomic E-state index is 0.539. The number of halogens is 1. The molecule has 0 radical (unpaired) electrons. The molecular formula is C14H12BrN5O. The zero-order valence-electron chi connectivity index (χ0n) is 11.2. The average molecular weight is 346 g/mol. The fourth-order valence-corrected chi connectivity index (χ4v) is 2.55. The first kappa shape index (κ1) is 13.6. The highest BCUT2D eigenvalue weighted by molar-refractivity contribution is 9.10. The fourth-order valence-electron chi connectivity index (χ4n) is 2.10. The Hall–Kier alpha value is -2.41. The molecule has 1 heterocycles. The van der Waals surface area contributed by atoms with Crippen molar-refractivity contribution < 1.29 is 4.74 Å². The van der Waals surface area contributed by atoms with Crippen molar-refractivity contribution in [2.75, 3.05) is 12.8 Å². The maximum Gasteiger partial charge on any atom is 0.190 e. The lowest BCUT2D eigenvalue weighted by Crippen LogP contribution is -2.03. The third-order valence-corrected chi connectivity index (χ3v) is 3.71. The summed E-state index contributed by atoms with van der Waals surface area (Å²) in [6.07, 6.45) is 0. The molecule has 0 fully saturated rings. The van der Waals surface area contributed by atoms with Gasteiger partial charge in [-0.3, -0.25) is 0 Å². The number of anilines is 1. The zero-order valence-corrected chi connectivity index (χ0v) is 12.8. The molecule has 0 saturated heterocycles. The van der Waals surface area contributed by atoms with Gasteiger partial charge in [0.2, 0.25) is 0 Å². The third kappa shape index (κ3) is 2.36. The molecule has 3 aromatic rings. The highest BCUT2D eigenvalue weighted by Gasteiger charge is 2.17. The Morgan fingerprint density at radius 3 is 2.71 bits per heavy atom. The second kappa shape index (κ2) is 5.53. The van der Waals surface area contributed by atoms with Gasteiger partial charge in [0.05, 0.1) is 24.0 Å². The van der Waals surface area contributed by atoms with Crippen LogP contribution in [-0.2, 0) is 0 Å². The zero-order chi connectivity index (χ0) is 14.8. The van der Waals surface area contributed by atoms with Gasteiger partial charge in [-0.1, -0.05) is 18.2 Å². The van der Waals surface area contributed by atoms with Gasteiger partial charge in [0.1, 0.15) is 0 Å². The number of aromatic nitrogens is 4. The van der Waals surface area contributed by atoms with E-state index in [4.69, 9.17) is 10.5 Å². The van der Waals surface area contributed by atoms with Gasteiger partial charge in [0, 0.05) is 4.47 Å². The van der Waals surface area contributed by atoms with Crippen molar-refractivity contribution in [2.45, 2.75) is 0 Å². The van der Waals surface area contributed by atoms with Crippen molar-refractivity contribution in [3.63, 3.8) is 0 Å². The predicted molar refractivity (Wildman–Crippen MR) is 83.3 cm³/mol. The molecule has 1 aromatic heterocycles. The monoisotopic (exact) mass is 345 g/mol. The van der Waals surface area contributed by atoms with Crippen molar-refractivity contribution in [1.82, 2.24) is 20.2 Å². The molecule has 21 heavy (non-hydrogen) atoms. The molecule has 0 atom stereocenters. The summed E-state index contributed by atoms with van der Waals surface area (Å²) in [5.74, 6) is 1.12. The maximum absolute atomic E-state index is 5.94. The number of hydrogen-bond acceptors (Lipinski definition) is 5. The number of methoxy groups -OCH3 is 1. The summed E-state index contributed by atoms with van der Waals surface area (Å²) in [5.41, 5.74) is 8.05. The van der Waals surface area contributed by atoms with E-state index < -0.39 is 0 Å². The molecule has 0 aliphatic carbocycles. The Bertz CT molecular complexity index is 787. The first-order valence-corrected chi connectivity index (χ1v) is 6.98. The Balaban J connectivity index is 2.21. The van der Waals surface area contributed by atoms with Gasteiger partial charge in [0.15, 0.2) is 11.6 Å². The molecule has 6 nitrogen and oxygen atoms in total. The summed E-state index contributed by atoms with van der Waals surface area (Å²) in [4.78, 5) is 0. The summed E-state index contributed by atoms with van der Waals surface area (Å²) >= 11 is 3.50. The number of hydrogen-bond donors (Lipinski definition) is 1. The molecule has 0 aliphatic rings. The lowest BCUT2D eigenvalue weighted by molar-refractivity contribution is 0.418. The number of tetrazole rings is 1. The number of rotatable bonds is 3. The second-order valence-corrected chi connectivity index (χ2v) is 5.15. The summed E-state index contributed by atoms with van der Waals surface area (Å²) < 4.78 is 7.91. The van der Waals surface area contributed by atoms with E-state index >= 15 is 0 Å². The molecule has 0 spiro atoms. The molecule has 2 N–H and O–H groups in total. The Morgan fingerprint density at radius 1 is 1.14 bits per heavy atom. The van der Waals surface area contributed by atoms with E-state index in [-0.39, 0.29) is 0 Å². The van der Waals surface area contributed by atoms with Crippen LogP contribution in [0.3, 0.4) is 0 Å². The van der Waals surface area contributed by atoms with Crippen LogP contribution in [0, 0.1) is 0 Å². The van der Waals surface area contributed by atoms with Gasteiger partial charge in [-0.05, 0) is 50.6 Å². The fraction of sp³-hybridized carbons (Fsp3) is 0.0714. The average Bonchev–Trinajstić information content (AvgIpc) is 2.96. The van der Waals surface area contributed by atoms with Gasteiger partial charge >= 0.3 is 0 Å². The van der Waals surface area contributed by atoms with Crippen LogP contribution in [-0.4, -0.2) is 27.3 Å². The molecule has 2 aromatic carbocycles. The van der Waals surface area contributed by atoms with E-state index in [9.17, 15) is 0 Å². The summed E-state index contributed by atoms with van der Waals surface area (Å²) in [5, 5.41) is 11.9. The van der Waals surface area contributed by atoms with Crippen LogP contribution < -0.4 is 10.5 Å². The summed E-state index contributed by atoms with van der Waals surface area (Å²) in [6.45, 7) is 0. The van der Waals surface area contributed by atoms with Crippen molar-refractivity contribution in [3.8, 4) is 22.8 Å². The van der Waals surface area contributed by atoms with Crippen LogP contribution in [0.15, 0.2) is 46.9 Å². The smallest absolute Gasteiger partial charge is 0.190 e. The van der Waals surface area contributed by atoms with Gasteiger partial charge in [-0.25, -0.2) is 0 Å². The highest BCUT2D eigenvalue weighted by atomic mass is 79.9. The minimum Gasteiger partial charge on any atom is -0.494 e. The number of nitrogens with zero attached hydrogens (tertiary/aromatic N) is 4. The van der Waals surface area contributed by atoms with E-state index in [0.717, 1.165) is 15.7 Å². The van der Waals surface area contributed by atoms with Crippen molar-refractivity contribution >= 4 is 21.6 Å². The van der Waals surface area contributed by atoms with E-state index in [2.05, 4.69) is 31.5 Å². The number of benzene rings is 2. The van der Waals surface area contributed by atoms with Crippen molar-refractivity contribution in [2.24, 2.45) is 0 Å². The third-order valence-electron chi connectivity index (χ3n) is 3.04. The SMILES string of the molecule is COc1c(N)cccc1-c1nnnn1-c1ccccc1Br. The minimum atomic E-state index is 0.539. The van der Waals surface area contributed by atoms with E-state index in [1.165, 1.54) is 0 Å². The first-order valence-electron chi connectivity index (χ1n) is 6.18. The summed E-state index contributed by atoms with van der Waals surface area (Å²) in [6, 6.07) is 13.2. The molecule has 0 amide bonds. The predicted octanol–water partition coefficient (Wildman–Crippen LogP) is 2.68. The highest BCUT2D eigenvalue weighted by Crippen LogP contribution is 2.34.